The van der Waals surface area contributed by atoms with E-state index in [0.717, 1.165) is 36.2 Å². The van der Waals surface area contributed by atoms with E-state index in [4.69, 9.17) is 5.73 Å². The van der Waals surface area contributed by atoms with Crippen molar-refractivity contribution in [3.8, 4) is 0 Å². The molecule has 0 spiro atoms. The molecule has 0 aromatic heterocycles. The number of amides is 1. The van der Waals surface area contributed by atoms with Crippen LogP contribution in [0, 0.1) is 0 Å². The van der Waals surface area contributed by atoms with Crippen LogP contribution in [-0.2, 0) is 0 Å². The van der Waals surface area contributed by atoms with Crippen LogP contribution < -0.4 is 5.73 Å². The van der Waals surface area contributed by atoms with Crippen LogP contribution in [0.5, 0.6) is 0 Å². The first-order chi connectivity index (χ1) is 6.79. The monoisotopic (exact) mass is 188 g/mol. The van der Waals surface area contributed by atoms with E-state index in [1.165, 1.54) is 0 Å². The van der Waals surface area contributed by atoms with Crippen molar-refractivity contribution in [2.45, 2.75) is 18.9 Å². The Morgan fingerprint density at radius 3 is 3.14 bits per heavy atom. The zero-order valence-electron chi connectivity index (χ0n) is 7.86. The molecule has 0 saturated carbocycles. The normalized spacial score (nSPS) is 23.9. The summed E-state index contributed by atoms with van der Waals surface area (Å²) in [4.78, 5) is 13.8. The van der Waals surface area contributed by atoms with Gasteiger partial charge in [-0.25, -0.2) is 0 Å². The quantitative estimate of drug-likeness (QED) is 0.628. The Morgan fingerprint density at radius 2 is 2.29 bits per heavy atom. The van der Waals surface area contributed by atoms with Gasteiger partial charge in [0.2, 0.25) is 0 Å². The van der Waals surface area contributed by atoms with Crippen LogP contribution in [0.4, 0.5) is 5.69 Å². The number of nitrogens with two attached hydrogens (primary N) is 1. The maximum Gasteiger partial charge on any atom is 0.254 e. The minimum Gasteiger partial charge on any atom is -0.398 e. The van der Waals surface area contributed by atoms with Gasteiger partial charge in [-0.15, -0.1) is 0 Å². The van der Waals surface area contributed by atoms with E-state index < -0.39 is 0 Å². The van der Waals surface area contributed by atoms with Crippen LogP contribution in [0.2, 0.25) is 0 Å². The number of anilines is 1. The summed E-state index contributed by atoms with van der Waals surface area (Å²) in [6.07, 6.45) is 2.16. The molecule has 2 heterocycles. The zero-order valence-corrected chi connectivity index (χ0v) is 7.86. The predicted octanol–water partition coefficient (Wildman–Crippen LogP) is 1.56. The summed E-state index contributed by atoms with van der Waals surface area (Å²) in [5, 5.41) is 0. The number of carbonyl (C=O) groups excluding carboxylic acids is 1. The number of hydrogen-bond acceptors (Lipinski definition) is 2. The molecular weight excluding hydrogens is 176 g/mol. The van der Waals surface area contributed by atoms with Crippen molar-refractivity contribution in [2.75, 3.05) is 12.3 Å². The highest BCUT2D eigenvalue weighted by molar-refractivity contribution is 6.01. The molecule has 0 bridgehead atoms. The first-order valence-corrected chi connectivity index (χ1v) is 4.98. The molecular formula is C11H12N2O. The Bertz CT molecular complexity index is 414. The van der Waals surface area contributed by atoms with E-state index in [-0.39, 0.29) is 11.9 Å². The van der Waals surface area contributed by atoms with Gasteiger partial charge in [0.1, 0.15) is 0 Å². The fourth-order valence-corrected chi connectivity index (χ4v) is 2.61. The Balaban J connectivity index is 2.23. The van der Waals surface area contributed by atoms with Crippen molar-refractivity contribution in [2.24, 2.45) is 0 Å². The van der Waals surface area contributed by atoms with Crippen LogP contribution >= 0.6 is 0 Å². The molecule has 3 nitrogen and oxygen atoms in total. The van der Waals surface area contributed by atoms with Gasteiger partial charge in [-0.05, 0) is 25.0 Å². The SMILES string of the molecule is Nc1cccc2c1[C@@H]1CCCN1C2=O. The second-order valence-corrected chi connectivity index (χ2v) is 3.97. The lowest BCUT2D eigenvalue weighted by molar-refractivity contribution is 0.0776. The van der Waals surface area contributed by atoms with Crippen molar-refractivity contribution in [3.05, 3.63) is 29.3 Å². The Morgan fingerprint density at radius 1 is 1.43 bits per heavy atom. The van der Waals surface area contributed by atoms with Crippen molar-refractivity contribution >= 4 is 11.6 Å². The van der Waals surface area contributed by atoms with Crippen molar-refractivity contribution < 1.29 is 4.79 Å². The van der Waals surface area contributed by atoms with Crippen LogP contribution in [0.15, 0.2) is 18.2 Å². The van der Waals surface area contributed by atoms with Crippen LogP contribution in [-0.4, -0.2) is 17.4 Å². The van der Waals surface area contributed by atoms with E-state index in [1.807, 2.05) is 23.1 Å². The minimum absolute atomic E-state index is 0.162. The number of nitrogen functional groups attached to an aromatic ring is 1. The predicted molar refractivity (Wildman–Crippen MR) is 53.9 cm³/mol. The van der Waals surface area contributed by atoms with Crippen molar-refractivity contribution in [1.29, 1.82) is 0 Å². The second-order valence-electron chi connectivity index (χ2n) is 3.97. The van der Waals surface area contributed by atoms with Crippen LogP contribution in [0.3, 0.4) is 0 Å². The smallest absolute Gasteiger partial charge is 0.254 e. The molecule has 1 amide bonds. The van der Waals surface area contributed by atoms with E-state index in [0.29, 0.717) is 0 Å². The average Bonchev–Trinajstić information content (AvgIpc) is 2.72. The van der Waals surface area contributed by atoms with Gasteiger partial charge >= 0.3 is 0 Å². The standard InChI is InChI=1S/C11H12N2O/c12-8-4-1-3-7-10(8)9-5-2-6-13(9)11(7)14/h1,3-4,9H,2,5-6,12H2/t9-/m0/s1. The summed E-state index contributed by atoms with van der Waals surface area (Å²) in [5.74, 6) is 0.162. The number of nitrogens with zero attached hydrogens (tertiary/aromatic N) is 1. The molecule has 14 heavy (non-hydrogen) atoms. The third-order valence-electron chi connectivity index (χ3n) is 3.22. The summed E-state index contributed by atoms with van der Waals surface area (Å²) < 4.78 is 0. The summed E-state index contributed by atoms with van der Waals surface area (Å²) in [5.41, 5.74) is 8.56. The first-order valence-electron chi connectivity index (χ1n) is 4.98. The molecule has 1 saturated heterocycles. The molecule has 1 aromatic carbocycles. The molecule has 0 radical (unpaired) electrons. The Labute approximate surface area is 82.5 Å². The van der Waals surface area contributed by atoms with Crippen molar-refractivity contribution in [1.82, 2.24) is 4.90 Å². The number of benzene rings is 1. The van der Waals surface area contributed by atoms with Gasteiger partial charge in [-0.1, -0.05) is 6.07 Å². The van der Waals surface area contributed by atoms with Gasteiger partial charge in [-0.3, -0.25) is 4.79 Å². The summed E-state index contributed by atoms with van der Waals surface area (Å²) in [7, 11) is 0. The lowest BCUT2D eigenvalue weighted by Gasteiger charge is -2.15. The van der Waals surface area contributed by atoms with Crippen LogP contribution in [0.1, 0.15) is 34.8 Å². The zero-order chi connectivity index (χ0) is 9.71. The summed E-state index contributed by atoms with van der Waals surface area (Å²) in [6, 6.07) is 5.88. The van der Waals surface area contributed by atoms with E-state index in [1.54, 1.807) is 0 Å². The maximum absolute atomic E-state index is 11.9. The molecule has 72 valence electrons. The average molecular weight is 188 g/mol. The van der Waals surface area contributed by atoms with E-state index >= 15 is 0 Å². The minimum atomic E-state index is 0.162. The molecule has 0 unspecified atom stereocenters. The molecule has 2 N–H and O–H groups in total. The molecule has 1 aromatic rings. The van der Waals surface area contributed by atoms with E-state index in [2.05, 4.69) is 0 Å². The van der Waals surface area contributed by atoms with Gasteiger partial charge in [-0.2, -0.15) is 0 Å². The molecule has 2 aliphatic heterocycles. The molecule has 0 aliphatic carbocycles. The van der Waals surface area contributed by atoms with Gasteiger partial charge in [0.05, 0.1) is 6.04 Å². The highest BCUT2D eigenvalue weighted by Crippen LogP contribution is 2.43. The third kappa shape index (κ3) is 0.794. The Kier molecular flexibility index (Phi) is 1.40. The molecule has 2 aliphatic rings. The fourth-order valence-electron chi connectivity index (χ4n) is 2.61. The number of fused-ring (bicyclic) bond motifs is 3. The third-order valence-corrected chi connectivity index (χ3v) is 3.22. The van der Waals surface area contributed by atoms with Gasteiger partial charge in [0, 0.05) is 23.4 Å². The molecule has 1 atom stereocenters. The highest BCUT2D eigenvalue weighted by Gasteiger charge is 2.40. The van der Waals surface area contributed by atoms with Gasteiger partial charge in [0.15, 0.2) is 0 Å². The van der Waals surface area contributed by atoms with Crippen molar-refractivity contribution in [3.63, 3.8) is 0 Å². The maximum atomic E-state index is 11.9. The van der Waals surface area contributed by atoms with Crippen LogP contribution in [0.25, 0.3) is 0 Å². The molecule has 3 rings (SSSR count). The molecule has 1 fully saturated rings. The first kappa shape index (κ1) is 7.85. The largest absolute Gasteiger partial charge is 0.398 e. The molecule has 3 heteroatoms. The lowest BCUT2D eigenvalue weighted by atomic mass is 10.0. The second kappa shape index (κ2) is 2.50. The topological polar surface area (TPSA) is 46.3 Å². The van der Waals surface area contributed by atoms with E-state index in [9.17, 15) is 4.79 Å². The van der Waals surface area contributed by atoms with Gasteiger partial charge < -0.3 is 10.6 Å². The summed E-state index contributed by atoms with van der Waals surface area (Å²) in [6.45, 7) is 0.887. The summed E-state index contributed by atoms with van der Waals surface area (Å²) >= 11 is 0. The number of carbonyl (C=O) groups is 1. The highest BCUT2D eigenvalue weighted by atomic mass is 16.2. The fraction of sp³-hybridized carbons (Fsp3) is 0.364. The lowest BCUT2D eigenvalue weighted by Crippen LogP contribution is -2.22. The number of hydrogen-bond donors (Lipinski definition) is 1. The van der Waals surface area contributed by atoms with Gasteiger partial charge in [0.25, 0.3) is 5.91 Å². The number of rotatable bonds is 0. The Hall–Kier alpha value is -1.51.